The molecule has 1 aliphatic rings. The van der Waals surface area contributed by atoms with Crippen molar-refractivity contribution in [3.05, 3.63) is 52.6 Å². The fourth-order valence-electron chi connectivity index (χ4n) is 2.88. The van der Waals surface area contributed by atoms with Gasteiger partial charge in [0.15, 0.2) is 5.82 Å². The van der Waals surface area contributed by atoms with E-state index in [0.717, 1.165) is 19.6 Å². The van der Waals surface area contributed by atoms with Crippen LogP contribution in [0.4, 0.5) is 5.69 Å². The number of nitrogens with one attached hydrogen (secondary N) is 1. The number of likely N-dealkylation sites (N-methyl/N-ethyl adjacent to an activating group) is 1. The topological polar surface area (TPSA) is 115 Å². The molecule has 1 N–H and O–H groups in total. The van der Waals surface area contributed by atoms with Crippen molar-refractivity contribution in [1.29, 1.82) is 0 Å². The maximum Gasteiger partial charge on any atom is 0.269 e. The molecular formula is C16H18ClN7O3. The number of rotatable bonds is 4. The zero-order valence-corrected chi connectivity index (χ0v) is 15.3. The van der Waals surface area contributed by atoms with E-state index >= 15 is 0 Å². The first-order valence-corrected chi connectivity index (χ1v) is 8.16. The number of halogens is 1. The van der Waals surface area contributed by atoms with Crippen LogP contribution in [0.25, 0.3) is 17.1 Å². The van der Waals surface area contributed by atoms with Crippen LogP contribution in [0.3, 0.4) is 0 Å². The smallest absolute Gasteiger partial charge is 0.269 e. The van der Waals surface area contributed by atoms with Gasteiger partial charge in [-0.25, -0.2) is 4.68 Å². The minimum absolute atomic E-state index is 0. The predicted molar refractivity (Wildman–Crippen MR) is 99.0 cm³/mol. The molecule has 0 bridgehead atoms. The Balaban J connectivity index is 0.00000210. The monoisotopic (exact) mass is 391 g/mol. The van der Waals surface area contributed by atoms with Crippen LogP contribution >= 0.6 is 12.4 Å². The summed E-state index contributed by atoms with van der Waals surface area (Å²) in [5.74, 6) is 1.03. The molecule has 3 aromatic rings. The third kappa shape index (κ3) is 3.82. The van der Waals surface area contributed by atoms with Gasteiger partial charge in [0.25, 0.3) is 11.6 Å². The van der Waals surface area contributed by atoms with Gasteiger partial charge in [-0.3, -0.25) is 15.0 Å². The standard InChI is InChI=1S/C16H17N7O3.ClH/c1-21-7-6-17-9-14(21)15-19-16(26-20-15)11-8-18-22(10-11)12-2-4-13(5-3-12)23(24)25;/h2-5,8,10,14,17H,6-7,9H2,1H3;1H. The van der Waals surface area contributed by atoms with Crippen molar-refractivity contribution in [2.75, 3.05) is 26.7 Å². The number of hydrogen-bond donors (Lipinski definition) is 1. The van der Waals surface area contributed by atoms with Crippen LogP contribution in [0.15, 0.2) is 41.2 Å². The number of non-ortho nitro benzene ring substituents is 1. The minimum atomic E-state index is -0.435. The maximum atomic E-state index is 10.7. The van der Waals surface area contributed by atoms with Gasteiger partial charge < -0.3 is 9.84 Å². The van der Waals surface area contributed by atoms with Gasteiger partial charge in [-0.15, -0.1) is 12.4 Å². The molecule has 0 saturated carbocycles. The largest absolute Gasteiger partial charge is 0.334 e. The van der Waals surface area contributed by atoms with E-state index in [1.165, 1.54) is 12.1 Å². The molecule has 0 radical (unpaired) electrons. The number of nitro benzene ring substituents is 1. The van der Waals surface area contributed by atoms with E-state index < -0.39 is 4.92 Å². The molecule has 4 rings (SSSR count). The predicted octanol–water partition coefficient (Wildman–Crippen LogP) is 1.83. The second-order valence-corrected chi connectivity index (χ2v) is 6.11. The molecule has 0 spiro atoms. The first-order valence-electron chi connectivity index (χ1n) is 8.16. The Labute approximate surface area is 160 Å². The average Bonchev–Trinajstić information content (AvgIpc) is 3.32. The van der Waals surface area contributed by atoms with Crippen molar-refractivity contribution >= 4 is 18.1 Å². The van der Waals surface area contributed by atoms with E-state index in [4.69, 9.17) is 4.52 Å². The minimum Gasteiger partial charge on any atom is -0.334 e. The Morgan fingerprint density at radius 1 is 1.33 bits per heavy atom. The Morgan fingerprint density at radius 3 is 2.81 bits per heavy atom. The highest BCUT2D eigenvalue weighted by Crippen LogP contribution is 2.23. The van der Waals surface area contributed by atoms with Gasteiger partial charge in [-0.1, -0.05) is 5.16 Å². The van der Waals surface area contributed by atoms with Crippen molar-refractivity contribution in [2.45, 2.75) is 6.04 Å². The fourth-order valence-corrected chi connectivity index (χ4v) is 2.88. The van der Waals surface area contributed by atoms with Crippen molar-refractivity contribution in [1.82, 2.24) is 30.1 Å². The Kier molecular flexibility index (Phi) is 5.49. The number of aromatic nitrogens is 4. The van der Waals surface area contributed by atoms with Gasteiger partial charge in [0.05, 0.1) is 28.4 Å². The summed E-state index contributed by atoms with van der Waals surface area (Å²) in [6, 6.07) is 6.22. The molecule has 11 heteroatoms. The summed E-state index contributed by atoms with van der Waals surface area (Å²) >= 11 is 0. The molecule has 1 unspecified atom stereocenters. The number of nitro groups is 1. The molecule has 1 saturated heterocycles. The summed E-state index contributed by atoms with van der Waals surface area (Å²) in [5.41, 5.74) is 1.43. The molecule has 1 atom stereocenters. The SMILES string of the molecule is CN1CCNCC1c1noc(-c2cnn(-c3ccc([N+](=O)[O-])cc3)c2)n1.Cl. The summed E-state index contributed by atoms with van der Waals surface area (Å²) < 4.78 is 7.00. The van der Waals surface area contributed by atoms with Crippen LogP contribution in [-0.2, 0) is 0 Å². The molecule has 0 amide bonds. The first kappa shape index (κ1) is 19.0. The molecule has 1 aromatic carbocycles. The zero-order chi connectivity index (χ0) is 18.1. The lowest BCUT2D eigenvalue weighted by molar-refractivity contribution is -0.384. The van der Waals surface area contributed by atoms with E-state index in [0.29, 0.717) is 23.0 Å². The van der Waals surface area contributed by atoms with Crippen LogP contribution in [-0.4, -0.2) is 56.4 Å². The average molecular weight is 392 g/mol. The highest BCUT2D eigenvalue weighted by atomic mass is 35.5. The number of piperazine rings is 1. The van der Waals surface area contributed by atoms with Crippen molar-refractivity contribution < 1.29 is 9.45 Å². The van der Waals surface area contributed by atoms with Gasteiger partial charge in [0.2, 0.25) is 0 Å². The number of hydrogen-bond acceptors (Lipinski definition) is 8. The summed E-state index contributed by atoms with van der Waals surface area (Å²) in [4.78, 5) is 17.0. The van der Waals surface area contributed by atoms with Crippen molar-refractivity contribution in [3.63, 3.8) is 0 Å². The lowest BCUT2D eigenvalue weighted by Crippen LogP contribution is -2.44. The molecule has 142 valence electrons. The van der Waals surface area contributed by atoms with Crippen LogP contribution in [0.5, 0.6) is 0 Å². The third-order valence-corrected chi connectivity index (χ3v) is 4.41. The van der Waals surface area contributed by atoms with Crippen molar-refractivity contribution in [2.24, 2.45) is 0 Å². The molecule has 1 aliphatic heterocycles. The van der Waals surface area contributed by atoms with E-state index in [-0.39, 0.29) is 24.1 Å². The molecule has 1 fully saturated rings. The van der Waals surface area contributed by atoms with Crippen LogP contribution < -0.4 is 5.32 Å². The van der Waals surface area contributed by atoms with Gasteiger partial charge >= 0.3 is 0 Å². The molecule has 10 nitrogen and oxygen atoms in total. The Bertz CT molecular complexity index is 924. The quantitative estimate of drug-likeness (QED) is 0.529. The second kappa shape index (κ2) is 7.82. The van der Waals surface area contributed by atoms with Gasteiger partial charge in [0, 0.05) is 38.0 Å². The summed E-state index contributed by atoms with van der Waals surface area (Å²) in [7, 11) is 2.04. The zero-order valence-electron chi connectivity index (χ0n) is 14.5. The molecule has 2 aromatic heterocycles. The lowest BCUT2D eigenvalue weighted by atomic mass is 10.2. The molecule has 27 heavy (non-hydrogen) atoms. The summed E-state index contributed by atoms with van der Waals surface area (Å²) in [5, 5.41) is 22.4. The Hall–Kier alpha value is -2.82. The van der Waals surface area contributed by atoms with E-state index in [1.807, 2.05) is 7.05 Å². The van der Waals surface area contributed by atoms with Gasteiger partial charge in [-0.2, -0.15) is 10.1 Å². The number of benzene rings is 1. The highest BCUT2D eigenvalue weighted by molar-refractivity contribution is 5.85. The maximum absolute atomic E-state index is 10.7. The second-order valence-electron chi connectivity index (χ2n) is 6.11. The van der Waals surface area contributed by atoms with E-state index in [9.17, 15) is 10.1 Å². The fraction of sp³-hybridized carbons (Fsp3) is 0.312. The van der Waals surface area contributed by atoms with Crippen LogP contribution in [0, 0.1) is 10.1 Å². The Morgan fingerprint density at radius 2 is 2.11 bits per heavy atom. The normalized spacial score (nSPS) is 17.4. The third-order valence-electron chi connectivity index (χ3n) is 4.41. The van der Waals surface area contributed by atoms with Crippen molar-refractivity contribution in [3.8, 4) is 17.1 Å². The molecular weight excluding hydrogens is 374 g/mol. The summed E-state index contributed by atoms with van der Waals surface area (Å²) in [6.45, 7) is 2.64. The van der Waals surface area contributed by atoms with Crippen LogP contribution in [0.1, 0.15) is 11.9 Å². The van der Waals surface area contributed by atoms with E-state index in [2.05, 4.69) is 25.5 Å². The van der Waals surface area contributed by atoms with E-state index in [1.54, 1.807) is 29.2 Å². The molecule has 0 aliphatic carbocycles. The first-order chi connectivity index (χ1) is 12.6. The van der Waals surface area contributed by atoms with Gasteiger partial charge in [-0.05, 0) is 19.2 Å². The lowest BCUT2D eigenvalue weighted by Gasteiger charge is -2.30. The number of nitrogens with zero attached hydrogens (tertiary/aromatic N) is 6. The molecule has 3 heterocycles. The summed E-state index contributed by atoms with van der Waals surface area (Å²) in [6.07, 6.45) is 3.38. The highest BCUT2D eigenvalue weighted by Gasteiger charge is 2.25. The van der Waals surface area contributed by atoms with Gasteiger partial charge in [0.1, 0.15) is 0 Å². The van der Waals surface area contributed by atoms with Crippen LogP contribution in [0.2, 0.25) is 0 Å².